The van der Waals surface area contributed by atoms with Crippen LogP contribution in [-0.4, -0.2) is 12.5 Å². The van der Waals surface area contributed by atoms with Gasteiger partial charge < -0.3 is 10.6 Å². The van der Waals surface area contributed by atoms with Gasteiger partial charge in [-0.1, -0.05) is 41.4 Å². The van der Waals surface area contributed by atoms with Crippen LogP contribution in [0.1, 0.15) is 23.1 Å². The first-order valence-corrected chi connectivity index (χ1v) is 8.06. The second-order valence-electron chi connectivity index (χ2n) is 5.63. The van der Waals surface area contributed by atoms with Crippen LogP contribution < -0.4 is 10.6 Å². The predicted molar refractivity (Wildman–Crippen MR) is 92.6 cm³/mol. The van der Waals surface area contributed by atoms with Crippen molar-refractivity contribution in [1.29, 1.82) is 0 Å². The third-order valence-corrected chi connectivity index (χ3v) is 3.76. The summed E-state index contributed by atoms with van der Waals surface area (Å²) in [5, 5.41) is 5.40. The molecule has 0 radical (unpaired) electrons. The topological polar surface area (TPSA) is 41.1 Å². The highest BCUT2D eigenvalue weighted by Crippen LogP contribution is 2.36. The van der Waals surface area contributed by atoms with Crippen molar-refractivity contribution in [2.75, 3.05) is 11.9 Å². The minimum absolute atomic E-state index is 0.00812. The summed E-state index contributed by atoms with van der Waals surface area (Å²) in [7, 11) is 0. The molecule has 7 heteroatoms. The van der Waals surface area contributed by atoms with Gasteiger partial charge in [-0.25, -0.2) is 0 Å². The molecule has 0 unspecified atom stereocenters. The van der Waals surface area contributed by atoms with E-state index >= 15 is 0 Å². The molecule has 0 fully saturated rings. The number of amides is 1. The van der Waals surface area contributed by atoms with E-state index in [4.69, 9.17) is 11.6 Å². The van der Waals surface area contributed by atoms with Gasteiger partial charge >= 0.3 is 6.18 Å². The number of halogens is 4. The molecular formula is C18H18ClF3N2O. The molecule has 0 aliphatic heterocycles. The van der Waals surface area contributed by atoms with Gasteiger partial charge in [0.15, 0.2) is 0 Å². The van der Waals surface area contributed by atoms with Crippen LogP contribution >= 0.6 is 11.6 Å². The van der Waals surface area contributed by atoms with Crippen LogP contribution in [0.3, 0.4) is 0 Å². The number of anilines is 1. The Bertz CT molecular complexity index is 747. The van der Waals surface area contributed by atoms with Gasteiger partial charge in [-0.05, 0) is 30.7 Å². The Labute approximate surface area is 149 Å². The Balaban J connectivity index is 1.85. The number of alkyl halides is 3. The second-order valence-corrected chi connectivity index (χ2v) is 6.07. The molecule has 0 aromatic heterocycles. The minimum atomic E-state index is -4.51. The Morgan fingerprint density at radius 1 is 1.16 bits per heavy atom. The van der Waals surface area contributed by atoms with E-state index in [2.05, 4.69) is 10.6 Å². The monoisotopic (exact) mass is 370 g/mol. The van der Waals surface area contributed by atoms with E-state index in [0.717, 1.165) is 17.2 Å². The van der Waals surface area contributed by atoms with Crippen molar-refractivity contribution in [3.63, 3.8) is 0 Å². The Hall–Kier alpha value is -2.21. The Morgan fingerprint density at radius 3 is 2.60 bits per heavy atom. The van der Waals surface area contributed by atoms with Crippen LogP contribution in [0.25, 0.3) is 0 Å². The van der Waals surface area contributed by atoms with Crippen LogP contribution in [0.15, 0.2) is 42.5 Å². The molecule has 134 valence electrons. The molecule has 0 heterocycles. The number of carbonyl (C=O) groups excluding carboxylic acids is 1. The first-order chi connectivity index (χ1) is 11.8. The molecule has 0 saturated heterocycles. The number of rotatable bonds is 6. The van der Waals surface area contributed by atoms with Crippen molar-refractivity contribution < 1.29 is 18.0 Å². The zero-order valence-electron chi connectivity index (χ0n) is 13.6. The van der Waals surface area contributed by atoms with Crippen LogP contribution in [0.4, 0.5) is 18.9 Å². The standard InChI is InChI=1S/C18H18ClF3N2O/c1-12-3-2-4-13(9-12)11-24-17(25)7-8-23-16-6-5-14(19)10-15(16)18(20,21)22/h2-6,9-10,23H,7-8,11H2,1H3,(H,24,25). The average molecular weight is 371 g/mol. The quantitative estimate of drug-likeness (QED) is 0.768. The fraction of sp³-hybridized carbons (Fsp3) is 0.278. The van der Waals surface area contributed by atoms with Crippen molar-refractivity contribution in [2.45, 2.75) is 26.1 Å². The maximum absolute atomic E-state index is 13.0. The largest absolute Gasteiger partial charge is 0.418 e. The lowest BCUT2D eigenvalue weighted by molar-refractivity contribution is -0.137. The summed E-state index contributed by atoms with van der Waals surface area (Å²) in [6.45, 7) is 2.43. The molecule has 2 N–H and O–H groups in total. The summed E-state index contributed by atoms with van der Waals surface area (Å²) in [5.74, 6) is -0.239. The number of nitrogens with one attached hydrogen (secondary N) is 2. The first kappa shape index (κ1) is 19.1. The number of carbonyl (C=O) groups is 1. The molecule has 3 nitrogen and oxygen atoms in total. The van der Waals surface area contributed by atoms with Crippen molar-refractivity contribution >= 4 is 23.2 Å². The fourth-order valence-electron chi connectivity index (χ4n) is 2.33. The molecule has 2 rings (SSSR count). The highest BCUT2D eigenvalue weighted by molar-refractivity contribution is 6.30. The molecule has 0 bridgehead atoms. The predicted octanol–water partition coefficient (Wildman–Crippen LogP) is 4.79. The molecule has 2 aromatic rings. The summed E-state index contributed by atoms with van der Waals surface area (Å²) < 4.78 is 38.9. The summed E-state index contributed by atoms with van der Waals surface area (Å²) in [5.41, 5.74) is 1.12. The van der Waals surface area contributed by atoms with Crippen molar-refractivity contribution in [1.82, 2.24) is 5.32 Å². The van der Waals surface area contributed by atoms with E-state index in [1.165, 1.54) is 12.1 Å². The van der Waals surface area contributed by atoms with Crippen LogP contribution in [-0.2, 0) is 17.5 Å². The normalized spacial score (nSPS) is 11.2. The molecule has 0 saturated carbocycles. The van der Waals surface area contributed by atoms with Gasteiger partial charge in [-0.2, -0.15) is 13.2 Å². The fourth-order valence-corrected chi connectivity index (χ4v) is 2.50. The third kappa shape index (κ3) is 5.98. The summed E-state index contributed by atoms with van der Waals surface area (Å²) in [4.78, 5) is 11.8. The maximum atomic E-state index is 13.0. The van der Waals surface area contributed by atoms with E-state index in [9.17, 15) is 18.0 Å². The molecule has 25 heavy (non-hydrogen) atoms. The van der Waals surface area contributed by atoms with E-state index in [-0.39, 0.29) is 29.6 Å². The SMILES string of the molecule is Cc1cccc(CNC(=O)CCNc2ccc(Cl)cc2C(F)(F)F)c1. The van der Waals surface area contributed by atoms with Crippen molar-refractivity contribution in [3.05, 3.63) is 64.2 Å². The lowest BCUT2D eigenvalue weighted by Gasteiger charge is -2.15. The average Bonchev–Trinajstić information content (AvgIpc) is 2.53. The highest BCUT2D eigenvalue weighted by Gasteiger charge is 2.33. The summed E-state index contributed by atoms with van der Waals surface area (Å²) in [6.07, 6.45) is -4.45. The summed E-state index contributed by atoms with van der Waals surface area (Å²) in [6, 6.07) is 11.2. The third-order valence-electron chi connectivity index (χ3n) is 3.53. The molecule has 0 aliphatic carbocycles. The molecule has 2 aromatic carbocycles. The van der Waals surface area contributed by atoms with Gasteiger partial charge in [0, 0.05) is 30.2 Å². The van der Waals surface area contributed by atoms with Crippen molar-refractivity contribution in [2.24, 2.45) is 0 Å². The van der Waals surface area contributed by atoms with Gasteiger partial charge in [0.25, 0.3) is 0 Å². The van der Waals surface area contributed by atoms with Crippen LogP contribution in [0.2, 0.25) is 5.02 Å². The van der Waals surface area contributed by atoms with Gasteiger partial charge in [-0.15, -0.1) is 0 Å². The second kappa shape index (κ2) is 8.25. The maximum Gasteiger partial charge on any atom is 0.418 e. The van der Waals surface area contributed by atoms with Gasteiger partial charge in [0.05, 0.1) is 5.56 Å². The Morgan fingerprint density at radius 2 is 1.92 bits per heavy atom. The summed E-state index contributed by atoms with van der Waals surface area (Å²) >= 11 is 5.63. The molecular weight excluding hydrogens is 353 g/mol. The van der Waals surface area contributed by atoms with E-state index in [0.29, 0.717) is 6.54 Å². The number of hydrogen-bond donors (Lipinski definition) is 2. The highest BCUT2D eigenvalue weighted by atomic mass is 35.5. The van der Waals surface area contributed by atoms with Gasteiger partial charge in [0.2, 0.25) is 5.91 Å². The van der Waals surface area contributed by atoms with E-state index in [1.54, 1.807) is 0 Å². The number of aryl methyl sites for hydroxylation is 1. The molecule has 0 spiro atoms. The molecule has 1 amide bonds. The number of benzene rings is 2. The Kier molecular flexibility index (Phi) is 6.31. The lowest BCUT2D eigenvalue weighted by Crippen LogP contribution is -2.25. The zero-order chi connectivity index (χ0) is 18.4. The lowest BCUT2D eigenvalue weighted by atomic mass is 10.1. The van der Waals surface area contributed by atoms with Gasteiger partial charge in [-0.3, -0.25) is 4.79 Å². The van der Waals surface area contributed by atoms with Crippen LogP contribution in [0.5, 0.6) is 0 Å². The molecule has 0 aliphatic rings. The number of hydrogen-bond acceptors (Lipinski definition) is 2. The minimum Gasteiger partial charge on any atom is -0.384 e. The van der Waals surface area contributed by atoms with Gasteiger partial charge in [0.1, 0.15) is 0 Å². The first-order valence-electron chi connectivity index (χ1n) is 7.68. The molecule has 0 atom stereocenters. The zero-order valence-corrected chi connectivity index (χ0v) is 14.3. The smallest absolute Gasteiger partial charge is 0.384 e. The van der Waals surface area contributed by atoms with E-state index < -0.39 is 11.7 Å². The van der Waals surface area contributed by atoms with E-state index in [1.807, 2.05) is 31.2 Å². The van der Waals surface area contributed by atoms with Crippen molar-refractivity contribution in [3.8, 4) is 0 Å². The van der Waals surface area contributed by atoms with Crippen LogP contribution in [0, 0.1) is 6.92 Å².